The van der Waals surface area contributed by atoms with E-state index in [0.29, 0.717) is 23.7 Å². The lowest BCUT2D eigenvalue weighted by Crippen LogP contribution is -2.15. The highest BCUT2D eigenvalue weighted by Crippen LogP contribution is 2.31. The summed E-state index contributed by atoms with van der Waals surface area (Å²) in [5.41, 5.74) is 3.18. The van der Waals surface area contributed by atoms with Crippen LogP contribution in [-0.4, -0.2) is 33.3 Å². The topological polar surface area (TPSA) is 132 Å². The van der Waals surface area contributed by atoms with Crippen molar-refractivity contribution in [2.45, 2.75) is 11.8 Å². The number of non-ortho nitro benzene ring substituents is 1. The molecule has 0 unspecified atom stereocenters. The number of nitro groups is 1. The molecule has 0 aliphatic carbocycles. The standard InChI is InChI=1S/C22H22N4O6S/c1-3-32-20-10-6-4-8-16(20)15-23-24-19-13-12-17(26(27)28)14-22(19)33(29,30)25-18-9-5-7-11-21(18)31-2/h4-15,24-25H,3H2,1-2H3. The second kappa shape index (κ2) is 10.5. The second-order valence-electron chi connectivity index (χ2n) is 6.58. The zero-order chi connectivity index (χ0) is 23.8. The summed E-state index contributed by atoms with van der Waals surface area (Å²) in [6.07, 6.45) is 1.47. The predicted molar refractivity (Wildman–Crippen MR) is 126 cm³/mol. The molecule has 0 heterocycles. The molecule has 11 heteroatoms. The lowest BCUT2D eigenvalue weighted by atomic mass is 10.2. The molecule has 0 aliphatic heterocycles. The van der Waals surface area contributed by atoms with Crippen LogP contribution < -0.4 is 19.6 Å². The molecule has 0 amide bonds. The summed E-state index contributed by atoms with van der Waals surface area (Å²) < 4.78 is 39.4. The normalized spacial score (nSPS) is 11.2. The summed E-state index contributed by atoms with van der Waals surface area (Å²) >= 11 is 0. The first kappa shape index (κ1) is 23.5. The van der Waals surface area contributed by atoms with E-state index in [-0.39, 0.29) is 22.0 Å². The van der Waals surface area contributed by atoms with Crippen LogP contribution in [0, 0.1) is 10.1 Å². The smallest absolute Gasteiger partial charge is 0.270 e. The maximum absolute atomic E-state index is 13.1. The monoisotopic (exact) mass is 470 g/mol. The summed E-state index contributed by atoms with van der Waals surface area (Å²) in [5, 5.41) is 15.4. The molecule has 0 fully saturated rings. The number of hydrogen-bond acceptors (Lipinski definition) is 8. The van der Waals surface area contributed by atoms with Gasteiger partial charge >= 0.3 is 0 Å². The Morgan fingerprint density at radius 3 is 2.42 bits per heavy atom. The quantitative estimate of drug-likeness (QED) is 0.257. The minimum Gasteiger partial charge on any atom is -0.495 e. The molecule has 0 bridgehead atoms. The third kappa shape index (κ3) is 5.77. The van der Waals surface area contributed by atoms with Crippen molar-refractivity contribution in [3.8, 4) is 11.5 Å². The molecule has 3 aromatic carbocycles. The average molecular weight is 471 g/mol. The number of methoxy groups -OCH3 is 1. The van der Waals surface area contributed by atoms with Crippen molar-refractivity contribution in [3.05, 3.63) is 82.4 Å². The number of nitrogens with zero attached hydrogens (tertiary/aromatic N) is 2. The van der Waals surface area contributed by atoms with Gasteiger partial charge in [-0.3, -0.25) is 20.3 Å². The zero-order valence-electron chi connectivity index (χ0n) is 17.9. The molecular formula is C22H22N4O6S. The van der Waals surface area contributed by atoms with Gasteiger partial charge in [-0.1, -0.05) is 24.3 Å². The average Bonchev–Trinajstić information content (AvgIpc) is 2.80. The van der Waals surface area contributed by atoms with E-state index in [4.69, 9.17) is 9.47 Å². The Morgan fingerprint density at radius 2 is 1.73 bits per heavy atom. The van der Waals surface area contributed by atoms with Crippen LogP contribution in [0.4, 0.5) is 17.1 Å². The van der Waals surface area contributed by atoms with Crippen molar-refractivity contribution in [2.24, 2.45) is 5.10 Å². The van der Waals surface area contributed by atoms with Crippen molar-refractivity contribution in [1.29, 1.82) is 0 Å². The highest BCUT2D eigenvalue weighted by atomic mass is 32.2. The van der Waals surface area contributed by atoms with Crippen LogP contribution in [0.2, 0.25) is 0 Å². The van der Waals surface area contributed by atoms with Crippen LogP contribution in [0.15, 0.2) is 76.7 Å². The van der Waals surface area contributed by atoms with Gasteiger partial charge in [0.05, 0.1) is 36.2 Å². The summed E-state index contributed by atoms with van der Waals surface area (Å²) in [6.45, 7) is 2.33. The molecule has 0 atom stereocenters. The Morgan fingerprint density at radius 1 is 1.03 bits per heavy atom. The number of anilines is 2. The second-order valence-corrected chi connectivity index (χ2v) is 8.24. The first-order chi connectivity index (χ1) is 15.9. The van der Waals surface area contributed by atoms with Crippen LogP contribution in [0.3, 0.4) is 0 Å². The van der Waals surface area contributed by atoms with Crippen molar-refractivity contribution < 1.29 is 22.8 Å². The number of nitro benzene ring substituents is 1. The van der Waals surface area contributed by atoms with Gasteiger partial charge in [-0.2, -0.15) is 5.10 Å². The zero-order valence-corrected chi connectivity index (χ0v) is 18.7. The van der Waals surface area contributed by atoms with Crippen molar-refractivity contribution in [3.63, 3.8) is 0 Å². The third-order valence-corrected chi connectivity index (χ3v) is 5.83. The summed E-state index contributed by atoms with van der Waals surface area (Å²) in [7, 11) is -2.83. The molecule has 10 nitrogen and oxygen atoms in total. The number of nitrogens with one attached hydrogen (secondary N) is 2. The van der Waals surface area contributed by atoms with Crippen molar-refractivity contribution in [1.82, 2.24) is 0 Å². The minimum atomic E-state index is -4.24. The van der Waals surface area contributed by atoms with E-state index in [1.807, 2.05) is 19.1 Å². The molecule has 3 aromatic rings. The van der Waals surface area contributed by atoms with E-state index in [1.165, 1.54) is 31.5 Å². The molecule has 0 saturated carbocycles. The van der Waals surface area contributed by atoms with E-state index in [1.54, 1.807) is 30.3 Å². The van der Waals surface area contributed by atoms with Crippen LogP contribution >= 0.6 is 0 Å². The van der Waals surface area contributed by atoms with Gasteiger partial charge in [0.1, 0.15) is 16.4 Å². The Balaban J connectivity index is 1.96. The molecule has 0 saturated heterocycles. The third-order valence-electron chi connectivity index (χ3n) is 4.42. The van der Waals surface area contributed by atoms with Crippen LogP contribution in [-0.2, 0) is 10.0 Å². The largest absolute Gasteiger partial charge is 0.495 e. The number of sulfonamides is 1. The highest BCUT2D eigenvalue weighted by Gasteiger charge is 2.23. The first-order valence-electron chi connectivity index (χ1n) is 9.81. The Kier molecular flexibility index (Phi) is 7.46. The van der Waals surface area contributed by atoms with Crippen LogP contribution in [0.5, 0.6) is 11.5 Å². The number of para-hydroxylation sites is 3. The van der Waals surface area contributed by atoms with E-state index >= 15 is 0 Å². The van der Waals surface area contributed by atoms with Crippen LogP contribution in [0.1, 0.15) is 12.5 Å². The fourth-order valence-corrected chi connectivity index (χ4v) is 4.16. The Hall–Kier alpha value is -4.12. The lowest BCUT2D eigenvalue weighted by molar-refractivity contribution is -0.385. The van der Waals surface area contributed by atoms with Crippen molar-refractivity contribution >= 4 is 33.3 Å². The Labute approximate surface area is 191 Å². The van der Waals surface area contributed by atoms with E-state index in [0.717, 1.165) is 6.07 Å². The summed E-state index contributed by atoms with van der Waals surface area (Å²) in [4.78, 5) is 10.2. The number of rotatable bonds is 10. The van der Waals surface area contributed by atoms with Gasteiger partial charge in [-0.25, -0.2) is 8.42 Å². The number of ether oxygens (including phenoxy) is 2. The molecular weight excluding hydrogens is 448 g/mol. The summed E-state index contributed by atoms with van der Waals surface area (Å²) in [5.74, 6) is 0.909. The molecule has 0 aliphatic rings. The molecule has 0 spiro atoms. The number of benzene rings is 3. The van der Waals surface area contributed by atoms with Gasteiger partial charge in [0, 0.05) is 17.7 Å². The van der Waals surface area contributed by atoms with Gasteiger partial charge in [0.2, 0.25) is 0 Å². The maximum atomic E-state index is 13.1. The fraction of sp³-hybridized carbons (Fsp3) is 0.136. The number of hydrogen-bond donors (Lipinski definition) is 2. The van der Waals surface area contributed by atoms with E-state index < -0.39 is 14.9 Å². The molecule has 0 radical (unpaired) electrons. The highest BCUT2D eigenvalue weighted by molar-refractivity contribution is 7.93. The number of hydrazone groups is 1. The Bertz CT molecular complexity index is 1280. The van der Waals surface area contributed by atoms with Gasteiger partial charge < -0.3 is 9.47 Å². The van der Waals surface area contributed by atoms with Crippen molar-refractivity contribution in [2.75, 3.05) is 23.9 Å². The van der Waals surface area contributed by atoms with Gasteiger partial charge in [-0.15, -0.1) is 0 Å². The van der Waals surface area contributed by atoms with E-state index in [2.05, 4.69) is 15.2 Å². The first-order valence-corrected chi connectivity index (χ1v) is 11.3. The fourth-order valence-electron chi connectivity index (χ4n) is 2.91. The molecule has 2 N–H and O–H groups in total. The lowest BCUT2D eigenvalue weighted by Gasteiger charge is -2.14. The SMILES string of the molecule is CCOc1ccccc1C=NNc1ccc([N+](=O)[O-])cc1S(=O)(=O)Nc1ccccc1OC. The predicted octanol–water partition coefficient (Wildman–Crippen LogP) is 4.25. The molecule has 33 heavy (non-hydrogen) atoms. The summed E-state index contributed by atoms with van der Waals surface area (Å²) in [6, 6.07) is 17.0. The minimum absolute atomic E-state index is 0.0492. The molecule has 172 valence electrons. The maximum Gasteiger partial charge on any atom is 0.270 e. The molecule has 3 rings (SSSR count). The van der Waals surface area contributed by atoms with E-state index in [9.17, 15) is 18.5 Å². The van der Waals surface area contributed by atoms with Gasteiger partial charge in [-0.05, 0) is 37.3 Å². The van der Waals surface area contributed by atoms with Gasteiger partial charge in [0.25, 0.3) is 15.7 Å². The van der Waals surface area contributed by atoms with Gasteiger partial charge in [0.15, 0.2) is 0 Å². The molecule has 0 aromatic heterocycles. The van der Waals surface area contributed by atoms with Crippen LogP contribution in [0.25, 0.3) is 0 Å².